The largest absolute Gasteiger partial charge is 0.325 e. The Kier molecular flexibility index (Phi) is 7.46. The van der Waals surface area contributed by atoms with Crippen molar-refractivity contribution in [1.82, 2.24) is 10.2 Å². The Morgan fingerprint density at radius 2 is 2.24 bits per heavy atom. The lowest BCUT2D eigenvalue weighted by Gasteiger charge is -2.16. The molecule has 1 atom stereocenters. The molecule has 2 rings (SSSR count). The number of nitrogens with zero attached hydrogens (tertiary/aromatic N) is 1. The number of likely N-dealkylation sites (tertiary alicyclic amines) is 1. The third-order valence-electron chi connectivity index (χ3n) is 3.77. The van der Waals surface area contributed by atoms with E-state index < -0.39 is 0 Å². The monoisotopic (exact) mass is 331 g/mol. The van der Waals surface area contributed by atoms with E-state index in [0.29, 0.717) is 17.5 Å². The lowest BCUT2D eigenvalue weighted by Crippen LogP contribution is -2.32. The van der Waals surface area contributed by atoms with Crippen LogP contribution in [0, 0.1) is 12.8 Å². The van der Waals surface area contributed by atoms with Gasteiger partial charge in [-0.05, 0) is 57.1 Å². The summed E-state index contributed by atoms with van der Waals surface area (Å²) in [6, 6.07) is 5.56. The van der Waals surface area contributed by atoms with Gasteiger partial charge < -0.3 is 10.6 Å². The first-order valence-corrected chi connectivity index (χ1v) is 7.40. The molecule has 1 saturated heterocycles. The van der Waals surface area contributed by atoms with E-state index in [4.69, 9.17) is 11.6 Å². The lowest BCUT2D eigenvalue weighted by atomic mass is 10.1. The summed E-state index contributed by atoms with van der Waals surface area (Å²) in [5.74, 6) is 0.682. The van der Waals surface area contributed by atoms with Crippen molar-refractivity contribution in [2.24, 2.45) is 5.92 Å². The van der Waals surface area contributed by atoms with Crippen molar-refractivity contribution in [2.75, 3.05) is 38.5 Å². The van der Waals surface area contributed by atoms with Gasteiger partial charge in [0.1, 0.15) is 0 Å². The summed E-state index contributed by atoms with van der Waals surface area (Å²) in [7, 11) is 1.97. The average molecular weight is 332 g/mol. The fourth-order valence-electron chi connectivity index (χ4n) is 2.65. The molecule has 4 nitrogen and oxygen atoms in total. The van der Waals surface area contributed by atoms with Gasteiger partial charge in [0.2, 0.25) is 5.91 Å². The molecule has 6 heteroatoms. The van der Waals surface area contributed by atoms with Crippen molar-refractivity contribution >= 4 is 35.6 Å². The fraction of sp³-hybridized carbons (Fsp3) is 0.533. The normalized spacial score (nSPS) is 18.3. The van der Waals surface area contributed by atoms with Crippen molar-refractivity contribution in [3.8, 4) is 0 Å². The highest BCUT2D eigenvalue weighted by Crippen LogP contribution is 2.23. The van der Waals surface area contributed by atoms with Crippen LogP contribution in [0.4, 0.5) is 5.69 Å². The summed E-state index contributed by atoms with van der Waals surface area (Å²) in [5, 5.41) is 6.82. The zero-order valence-electron chi connectivity index (χ0n) is 12.5. The standard InChI is InChI=1S/C15H22ClN3O.ClH/c1-11-13(16)4-3-5-14(11)18-15(20)10-19-7-6-12(9-19)8-17-2;/h3-5,12,17H,6-10H2,1-2H3,(H,18,20);1H. The second kappa shape index (κ2) is 8.59. The van der Waals surface area contributed by atoms with Gasteiger partial charge >= 0.3 is 0 Å². The minimum Gasteiger partial charge on any atom is -0.325 e. The van der Waals surface area contributed by atoms with E-state index in [1.54, 1.807) is 0 Å². The van der Waals surface area contributed by atoms with Crippen LogP contribution in [-0.4, -0.2) is 44.0 Å². The van der Waals surface area contributed by atoms with E-state index >= 15 is 0 Å². The maximum Gasteiger partial charge on any atom is 0.238 e. The molecule has 1 amide bonds. The SMILES string of the molecule is CNCC1CCN(CC(=O)Nc2cccc(Cl)c2C)C1.Cl. The number of carbonyl (C=O) groups is 1. The Balaban J connectivity index is 0.00000220. The molecule has 0 saturated carbocycles. The molecule has 1 aliphatic heterocycles. The van der Waals surface area contributed by atoms with Crippen LogP contribution in [-0.2, 0) is 4.79 Å². The van der Waals surface area contributed by atoms with E-state index in [0.717, 1.165) is 37.3 Å². The van der Waals surface area contributed by atoms with Gasteiger partial charge in [0.25, 0.3) is 0 Å². The number of benzene rings is 1. The molecule has 0 aromatic heterocycles. The second-order valence-electron chi connectivity index (χ2n) is 5.41. The number of hydrogen-bond acceptors (Lipinski definition) is 3. The van der Waals surface area contributed by atoms with Crippen molar-refractivity contribution in [1.29, 1.82) is 0 Å². The number of amides is 1. The highest BCUT2D eigenvalue weighted by atomic mass is 35.5. The molecular weight excluding hydrogens is 309 g/mol. The smallest absolute Gasteiger partial charge is 0.238 e. The van der Waals surface area contributed by atoms with Crippen LogP contribution in [0.25, 0.3) is 0 Å². The first-order chi connectivity index (χ1) is 9.60. The number of carbonyl (C=O) groups excluding carboxylic acids is 1. The summed E-state index contributed by atoms with van der Waals surface area (Å²) < 4.78 is 0. The summed E-state index contributed by atoms with van der Waals surface area (Å²) in [5.41, 5.74) is 1.71. The van der Waals surface area contributed by atoms with Crippen LogP contribution in [0.2, 0.25) is 5.02 Å². The van der Waals surface area contributed by atoms with Crippen LogP contribution in [0.3, 0.4) is 0 Å². The maximum atomic E-state index is 12.1. The van der Waals surface area contributed by atoms with Crippen LogP contribution in [0.1, 0.15) is 12.0 Å². The minimum absolute atomic E-state index is 0. The molecule has 21 heavy (non-hydrogen) atoms. The highest BCUT2D eigenvalue weighted by Gasteiger charge is 2.23. The third-order valence-corrected chi connectivity index (χ3v) is 4.18. The van der Waals surface area contributed by atoms with E-state index in [2.05, 4.69) is 15.5 Å². The predicted molar refractivity (Wildman–Crippen MR) is 90.5 cm³/mol. The van der Waals surface area contributed by atoms with Gasteiger partial charge in [0.05, 0.1) is 6.54 Å². The van der Waals surface area contributed by atoms with Gasteiger partial charge in [0, 0.05) is 17.3 Å². The van der Waals surface area contributed by atoms with Crippen LogP contribution in [0.5, 0.6) is 0 Å². The Morgan fingerprint density at radius 3 is 2.95 bits per heavy atom. The Bertz CT molecular complexity index is 482. The van der Waals surface area contributed by atoms with Crippen LogP contribution < -0.4 is 10.6 Å². The van der Waals surface area contributed by atoms with Crippen molar-refractivity contribution < 1.29 is 4.79 Å². The summed E-state index contributed by atoms with van der Waals surface area (Å²) in [4.78, 5) is 14.3. The fourth-order valence-corrected chi connectivity index (χ4v) is 2.82. The molecule has 1 aliphatic rings. The molecule has 1 heterocycles. The van der Waals surface area contributed by atoms with E-state index in [1.165, 1.54) is 0 Å². The molecule has 1 aromatic carbocycles. The van der Waals surface area contributed by atoms with Crippen molar-refractivity contribution in [2.45, 2.75) is 13.3 Å². The van der Waals surface area contributed by atoms with Gasteiger partial charge in [-0.15, -0.1) is 12.4 Å². The highest BCUT2D eigenvalue weighted by molar-refractivity contribution is 6.31. The van der Waals surface area contributed by atoms with E-state index in [9.17, 15) is 4.79 Å². The molecule has 0 spiro atoms. The Morgan fingerprint density at radius 1 is 1.48 bits per heavy atom. The first kappa shape index (κ1) is 18.2. The zero-order valence-corrected chi connectivity index (χ0v) is 14.1. The molecule has 0 aliphatic carbocycles. The average Bonchev–Trinajstić information content (AvgIpc) is 2.83. The number of hydrogen-bond donors (Lipinski definition) is 2. The van der Waals surface area contributed by atoms with E-state index in [-0.39, 0.29) is 18.3 Å². The van der Waals surface area contributed by atoms with Crippen molar-refractivity contribution in [3.63, 3.8) is 0 Å². The number of anilines is 1. The summed E-state index contributed by atoms with van der Waals surface area (Å²) in [6.45, 7) is 5.37. The van der Waals surface area contributed by atoms with E-state index in [1.807, 2.05) is 32.2 Å². The molecule has 1 unspecified atom stereocenters. The van der Waals surface area contributed by atoms with Gasteiger partial charge in [-0.3, -0.25) is 9.69 Å². The molecule has 0 radical (unpaired) electrons. The third kappa shape index (κ3) is 5.15. The first-order valence-electron chi connectivity index (χ1n) is 7.02. The molecule has 0 bridgehead atoms. The van der Waals surface area contributed by atoms with Gasteiger partial charge in [-0.2, -0.15) is 0 Å². The molecule has 1 fully saturated rings. The molecule has 2 N–H and O–H groups in total. The number of halogens is 2. The second-order valence-corrected chi connectivity index (χ2v) is 5.82. The quantitative estimate of drug-likeness (QED) is 0.871. The maximum absolute atomic E-state index is 12.1. The van der Waals surface area contributed by atoms with Gasteiger partial charge in [0.15, 0.2) is 0 Å². The van der Waals surface area contributed by atoms with Crippen LogP contribution in [0.15, 0.2) is 18.2 Å². The van der Waals surface area contributed by atoms with Crippen molar-refractivity contribution in [3.05, 3.63) is 28.8 Å². The topological polar surface area (TPSA) is 44.4 Å². The number of rotatable bonds is 5. The lowest BCUT2D eigenvalue weighted by molar-refractivity contribution is -0.117. The predicted octanol–water partition coefficient (Wildman–Crippen LogP) is 2.55. The molecule has 1 aromatic rings. The molecular formula is C15H23Cl2N3O. The van der Waals surface area contributed by atoms with Gasteiger partial charge in [-0.25, -0.2) is 0 Å². The Labute approximate surface area is 137 Å². The molecule has 118 valence electrons. The van der Waals surface area contributed by atoms with Gasteiger partial charge in [-0.1, -0.05) is 17.7 Å². The Hall–Kier alpha value is -0.810. The number of nitrogens with one attached hydrogen (secondary N) is 2. The summed E-state index contributed by atoms with van der Waals surface area (Å²) in [6.07, 6.45) is 1.16. The summed E-state index contributed by atoms with van der Waals surface area (Å²) >= 11 is 6.05. The minimum atomic E-state index is 0. The van der Waals surface area contributed by atoms with Crippen LogP contribution >= 0.6 is 24.0 Å². The zero-order chi connectivity index (χ0) is 14.5.